The molecule has 7 N–H and O–H groups in total. The van der Waals surface area contributed by atoms with Crippen LogP contribution in [0.1, 0.15) is 5.56 Å². The molecule has 0 fully saturated rings. The zero-order chi connectivity index (χ0) is 26.5. The van der Waals surface area contributed by atoms with Gasteiger partial charge in [0.05, 0.1) is 32.7 Å². The maximum atomic E-state index is 11.5. The lowest BCUT2D eigenvalue weighted by molar-refractivity contribution is -0.144. The Bertz CT molecular complexity index is 861. The van der Waals surface area contributed by atoms with E-state index in [2.05, 4.69) is 0 Å². The van der Waals surface area contributed by atoms with Crippen molar-refractivity contribution in [2.75, 3.05) is 58.1 Å². The molecule has 0 bridgehead atoms. The lowest BCUT2D eigenvalue weighted by Gasteiger charge is -2.34. The highest BCUT2D eigenvalue weighted by molar-refractivity contribution is 5.73. The van der Waals surface area contributed by atoms with Crippen molar-refractivity contribution in [2.45, 2.75) is 12.5 Å². The van der Waals surface area contributed by atoms with Gasteiger partial charge in [-0.3, -0.25) is 38.7 Å². The molecule has 0 unspecified atom stereocenters. The standard InChI is InChI=1S/C21H30N4O10/c22-15-3-1-14(2-4-15)7-16(25(12-20(32)33)13-21(34)35)8-23(9-17(26)27)5-6-24(10-18(28)29)11-19(30)31/h1-4,16H,5-13,22H2,(H,26,27)(H,28,29)(H,30,31)(H,32,33)(H,34,35)/t16-/m0/s1. The first kappa shape index (κ1) is 29.3. The Hall–Kier alpha value is -3.75. The third-order valence-electron chi connectivity index (χ3n) is 4.92. The number of hydrogen-bond acceptors (Lipinski definition) is 9. The van der Waals surface area contributed by atoms with E-state index in [1.54, 1.807) is 24.3 Å². The molecule has 1 atom stereocenters. The summed E-state index contributed by atoms with van der Waals surface area (Å²) in [6, 6.07) is 5.86. The van der Waals surface area contributed by atoms with Crippen LogP contribution in [0, 0.1) is 0 Å². The molecular formula is C21H30N4O10. The van der Waals surface area contributed by atoms with Crippen molar-refractivity contribution in [1.29, 1.82) is 0 Å². The lowest BCUT2D eigenvalue weighted by atomic mass is 10.0. The van der Waals surface area contributed by atoms with Gasteiger partial charge in [-0.2, -0.15) is 0 Å². The Morgan fingerprint density at radius 1 is 0.657 bits per heavy atom. The number of carboxylic acids is 5. The van der Waals surface area contributed by atoms with Crippen LogP contribution in [-0.2, 0) is 30.4 Å². The number of benzene rings is 1. The molecule has 1 aromatic rings. The molecule has 1 rings (SSSR count). The summed E-state index contributed by atoms with van der Waals surface area (Å²) in [6.45, 7) is -3.13. The summed E-state index contributed by atoms with van der Waals surface area (Å²) >= 11 is 0. The Kier molecular flexibility index (Phi) is 12.1. The molecule has 0 saturated heterocycles. The normalized spacial score (nSPS) is 12.1. The first-order chi connectivity index (χ1) is 16.3. The molecule has 0 spiro atoms. The summed E-state index contributed by atoms with van der Waals surface area (Å²) in [4.78, 5) is 60.0. The zero-order valence-corrected chi connectivity index (χ0v) is 18.9. The van der Waals surface area contributed by atoms with Crippen molar-refractivity contribution in [2.24, 2.45) is 0 Å². The molecule has 0 aliphatic carbocycles. The van der Waals surface area contributed by atoms with Gasteiger partial charge >= 0.3 is 29.8 Å². The van der Waals surface area contributed by atoms with Crippen molar-refractivity contribution in [3.8, 4) is 0 Å². The van der Waals surface area contributed by atoms with Gasteiger partial charge in [0.2, 0.25) is 0 Å². The van der Waals surface area contributed by atoms with Gasteiger partial charge in [-0.1, -0.05) is 12.1 Å². The largest absolute Gasteiger partial charge is 0.480 e. The molecule has 0 heterocycles. The van der Waals surface area contributed by atoms with Gasteiger partial charge in [0.1, 0.15) is 0 Å². The fourth-order valence-electron chi connectivity index (χ4n) is 3.50. The third kappa shape index (κ3) is 12.9. The van der Waals surface area contributed by atoms with E-state index in [9.17, 15) is 39.3 Å². The van der Waals surface area contributed by atoms with Gasteiger partial charge in [0.25, 0.3) is 0 Å². The number of carboxylic acid groups (broad SMARTS) is 5. The fourth-order valence-corrected chi connectivity index (χ4v) is 3.50. The number of hydrogen-bond donors (Lipinski definition) is 6. The van der Waals surface area contributed by atoms with Gasteiger partial charge in [-0.05, 0) is 24.1 Å². The van der Waals surface area contributed by atoms with E-state index in [0.717, 1.165) is 4.90 Å². The van der Waals surface area contributed by atoms with Gasteiger partial charge < -0.3 is 31.3 Å². The average molecular weight is 498 g/mol. The minimum absolute atomic E-state index is 0.0565. The summed E-state index contributed by atoms with van der Waals surface area (Å²) in [5, 5.41) is 45.9. The molecule has 0 aromatic heterocycles. The first-order valence-electron chi connectivity index (χ1n) is 10.5. The highest BCUT2D eigenvalue weighted by Crippen LogP contribution is 2.14. The summed E-state index contributed by atoms with van der Waals surface area (Å²) in [5.41, 5.74) is 6.89. The summed E-state index contributed by atoms with van der Waals surface area (Å²) in [5.74, 6) is -6.28. The Morgan fingerprint density at radius 3 is 1.49 bits per heavy atom. The van der Waals surface area contributed by atoms with Crippen LogP contribution in [0.5, 0.6) is 0 Å². The predicted octanol–water partition coefficient (Wildman–Crippen LogP) is -1.49. The number of anilines is 1. The highest BCUT2D eigenvalue weighted by Gasteiger charge is 2.27. The molecular weight excluding hydrogens is 468 g/mol. The van der Waals surface area contributed by atoms with Crippen LogP contribution in [-0.4, -0.2) is 128 Å². The van der Waals surface area contributed by atoms with Crippen molar-refractivity contribution in [3.63, 3.8) is 0 Å². The van der Waals surface area contributed by atoms with E-state index in [-0.39, 0.29) is 26.1 Å². The fraction of sp³-hybridized carbons (Fsp3) is 0.476. The van der Waals surface area contributed by atoms with E-state index < -0.39 is 68.6 Å². The second kappa shape index (κ2) is 14.5. The second-order valence-electron chi connectivity index (χ2n) is 7.92. The predicted molar refractivity (Wildman–Crippen MR) is 121 cm³/mol. The minimum atomic E-state index is -1.27. The molecule has 194 valence electrons. The van der Waals surface area contributed by atoms with E-state index in [4.69, 9.17) is 15.9 Å². The van der Waals surface area contributed by atoms with E-state index in [1.807, 2.05) is 0 Å². The molecule has 0 aliphatic rings. The van der Waals surface area contributed by atoms with E-state index >= 15 is 0 Å². The Morgan fingerprint density at radius 2 is 1.06 bits per heavy atom. The van der Waals surface area contributed by atoms with Crippen molar-refractivity contribution >= 4 is 35.5 Å². The monoisotopic (exact) mass is 498 g/mol. The van der Waals surface area contributed by atoms with Crippen LogP contribution in [0.25, 0.3) is 0 Å². The van der Waals surface area contributed by atoms with Crippen LogP contribution in [0.15, 0.2) is 24.3 Å². The van der Waals surface area contributed by atoms with Crippen LogP contribution in [0.4, 0.5) is 5.69 Å². The second-order valence-corrected chi connectivity index (χ2v) is 7.92. The zero-order valence-electron chi connectivity index (χ0n) is 18.9. The number of nitrogens with two attached hydrogens (primary N) is 1. The average Bonchev–Trinajstić information content (AvgIpc) is 2.70. The van der Waals surface area contributed by atoms with E-state index in [0.29, 0.717) is 11.3 Å². The minimum Gasteiger partial charge on any atom is -0.480 e. The van der Waals surface area contributed by atoms with Gasteiger partial charge in [-0.15, -0.1) is 0 Å². The molecule has 14 heteroatoms. The number of carbonyl (C=O) groups is 5. The van der Waals surface area contributed by atoms with Crippen LogP contribution < -0.4 is 5.73 Å². The smallest absolute Gasteiger partial charge is 0.317 e. The molecule has 14 nitrogen and oxygen atoms in total. The van der Waals surface area contributed by atoms with Gasteiger partial charge in [0.15, 0.2) is 0 Å². The number of rotatable bonds is 18. The highest BCUT2D eigenvalue weighted by atomic mass is 16.4. The maximum Gasteiger partial charge on any atom is 0.317 e. The molecule has 35 heavy (non-hydrogen) atoms. The Balaban J connectivity index is 3.17. The topological polar surface area (TPSA) is 222 Å². The molecule has 0 radical (unpaired) electrons. The molecule has 0 aliphatic heterocycles. The van der Waals surface area contributed by atoms with Crippen LogP contribution in [0.2, 0.25) is 0 Å². The van der Waals surface area contributed by atoms with Crippen molar-refractivity contribution in [3.05, 3.63) is 29.8 Å². The van der Waals surface area contributed by atoms with Crippen LogP contribution >= 0.6 is 0 Å². The van der Waals surface area contributed by atoms with Crippen LogP contribution in [0.3, 0.4) is 0 Å². The van der Waals surface area contributed by atoms with Crippen molar-refractivity contribution in [1.82, 2.24) is 14.7 Å². The molecule has 0 amide bonds. The summed E-state index contributed by atoms with van der Waals surface area (Å²) in [7, 11) is 0. The molecule has 1 aromatic carbocycles. The molecule has 0 saturated carbocycles. The number of nitrogen functional groups attached to an aromatic ring is 1. The number of nitrogens with zero attached hydrogens (tertiary/aromatic N) is 3. The summed E-state index contributed by atoms with van der Waals surface area (Å²) < 4.78 is 0. The van der Waals surface area contributed by atoms with Gasteiger partial charge in [0, 0.05) is 31.4 Å². The van der Waals surface area contributed by atoms with E-state index in [1.165, 1.54) is 9.80 Å². The SMILES string of the molecule is Nc1ccc(C[C@@H](CN(CCN(CC(=O)O)CC(=O)O)CC(=O)O)N(CC(=O)O)CC(=O)O)cc1. The van der Waals surface area contributed by atoms with Gasteiger partial charge in [-0.25, -0.2) is 0 Å². The Labute approximate surface area is 200 Å². The first-order valence-corrected chi connectivity index (χ1v) is 10.5. The summed E-state index contributed by atoms with van der Waals surface area (Å²) in [6.07, 6.45) is 0.172. The quantitative estimate of drug-likeness (QED) is 0.127. The van der Waals surface area contributed by atoms with Crippen molar-refractivity contribution < 1.29 is 49.5 Å². The number of aliphatic carboxylic acids is 5. The maximum absolute atomic E-state index is 11.5. The lowest BCUT2D eigenvalue weighted by Crippen LogP contribution is -2.51. The third-order valence-corrected chi connectivity index (χ3v) is 4.92.